The Balaban J connectivity index is 3.40. The van der Waals surface area contributed by atoms with Gasteiger partial charge in [0.05, 0.1) is 4.90 Å². The fourth-order valence-corrected chi connectivity index (χ4v) is 4.76. The monoisotopic (exact) mass is 374 g/mol. The van der Waals surface area contributed by atoms with Gasteiger partial charge >= 0.3 is 0 Å². The van der Waals surface area contributed by atoms with Gasteiger partial charge in [-0.3, -0.25) is 0 Å². The highest BCUT2D eigenvalue weighted by Gasteiger charge is 2.34. The molecule has 0 heterocycles. The van der Waals surface area contributed by atoms with E-state index in [2.05, 4.69) is 27.8 Å². The van der Waals surface area contributed by atoms with E-state index in [4.69, 9.17) is 0 Å². The fraction of sp³-hybridized carbons (Fsp3) is 0.467. The van der Waals surface area contributed by atoms with Gasteiger partial charge in [0.25, 0.3) is 0 Å². The second-order valence-corrected chi connectivity index (χ2v) is 8.48. The van der Waals surface area contributed by atoms with Crippen molar-refractivity contribution in [3.05, 3.63) is 40.9 Å². The van der Waals surface area contributed by atoms with Crippen molar-refractivity contribution in [3.63, 3.8) is 0 Å². The molecule has 0 spiro atoms. The number of halogens is 1. The van der Waals surface area contributed by atoms with Gasteiger partial charge in [-0.2, -0.15) is 4.31 Å². The van der Waals surface area contributed by atoms with Crippen LogP contribution in [-0.4, -0.2) is 31.9 Å². The summed E-state index contributed by atoms with van der Waals surface area (Å²) in [7, 11) is -1.78. The van der Waals surface area contributed by atoms with Crippen LogP contribution in [0.25, 0.3) is 0 Å². The van der Waals surface area contributed by atoms with Crippen molar-refractivity contribution in [1.82, 2.24) is 9.62 Å². The Morgan fingerprint density at radius 2 is 2.00 bits per heavy atom. The van der Waals surface area contributed by atoms with E-state index in [-0.39, 0.29) is 11.4 Å². The molecule has 0 amide bonds. The van der Waals surface area contributed by atoms with Gasteiger partial charge in [-0.1, -0.05) is 12.1 Å². The Morgan fingerprint density at radius 3 is 2.48 bits per heavy atom. The molecule has 0 aliphatic carbocycles. The first-order chi connectivity index (χ1) is 9.64. The number of nitrogens with zero attached hydrogens (tertiary/aromatic N) is 1. The van der Waals surface area contributed by atoms with Crippen LogP contribution < -0.4 is 5.32 Å². The smallest absolute Gasteiger partial charge is 0.244 e. The lowest BCUT2D eigenvalue weighted by Gasteiger charge is -2.34. The molecule has 4 nitrogen and oxygen atoms in total. The van der Waals surface area contributed by atoms with Crippen LogP contribution in [0.3, 0.4) is 0 Å². The molecule has 0 saturated carbocycles. The average molecular weight is 375 g/mol. The van der Waals surface area contributed by atoms with Crippen LogP contribution in [0.5, 0.6) is 0 Å². The molecule has 0 aliphatic heterocycles. The van der Waals surface area contributed by atoms with Crippen LogP contribution in [0.1, 0.15) is 26.3 Å². The van der Waals surface area contributed by atoms with Gasteiger partial charge in [0, 0.05) is 23.1 Å². The standard InChI is InChI=1S/C15H23BrN2O2S/c1-6-9-18(15(2,3)4)21(19,20)14-10-12(11-17-5)7-8-13(14)16/h6-8,10,17H,1,9,11H2,2-5H3. The van der Waals surface area contributed by atoms with E-state index in [1.165, 1.54) is 4.31 Å². The van der Waals surface area contributed by atoms with Gasteiger partial charge in [0.2, 0.25) is 10.0 Å². The summed E-state index contributed by atoms with van der Waals surface area (Å²) in [6.07, 6.45) is 1.61. The highest BCUT2D eigenvalue weighted by Crippen LogP contribution is 2.30. The van der Waals surface area contributed by atoms with E-state index < -0.39 is 15.6 Å². The van der Waals surface area contributed by atoms with Gasteiger partial charge in [-0.15, -0.1) is 6.58 Å². The summed E-state index contributed by atoms with van der Waals surface area (Å²) in [4.78, 5) is 0.284. The van der Waals surface area contributed by atoms with Crippen LogP contribution in [0, 0.1) is 0 Å². The quantitative estimate of drug-likeness (QED) is 0.778. The van der Waals surface area contributed by atoms with Gasteiger partial charge < -0.3 is 5.32 Å². The summed E-state index contributed by atoms with van der Waals surface area (Å²) < 4.78 is 28.0. The summed E-state index contributed by atoms with van der Waals surface area (Å²) in [5, 5.41) is 3.03. The molecule has 0 bridgehead atoms. The Hall–Kier alpha value is -0.690. The van der Waals surface area contributed by atoms with Gasteiger partial charge in [-0.25, -0.2) is 8.42 Å². The number of rotatable bonds is 6. The molecule has 21 heavy (non-hydrogen) atoms. The zero-order chi connectivity index (χ0) is 16.3. The second-order valence-electron chi connectivity index (χ2n) is 5.79. The molecule has 6 heteroatoms. The minimum absolute atomic E-state index is 0.272. The predicted molar refractivity (Wildman–Crippen MR) is 90.7 cm³/mol. The molecule has 0 aromatic heterocycles. The lowest BCUT2D eigenvalue weighted by molar-refractivity contribution is 0.269. The van der Waals surface area contributed by atoms with Crippen molar-refractivity contribution < 1.29 is 8.42 Å². The van der Waals surface area contributed by atoms with Gasteiger partial charge in [0.1, 0.15) is 0 Å². The first kappa shape index (κ1) is 18.4. The first-order valence-electron chi connectivity index (χ1n) is 6.71. The normalized spacial score (nSPS) is 12.7. The SMILES string of the molecule is C=CCN(C(C)(C)C)S(=O)(=O)c1cc(CNC)ccc1Br. The molecule has 0 saturated heterocycles. The highest BCUT2D eigenvalue weighted by atomic mass is 79.9. The van der Waals surface area contributed by atoms with Crippen LogP contribution in [-0.2, 0) is 16.6 Å². The van der Waals surface area contributed by atoms with Gasteiger partial charge in [0.15, 0.2) is 0 Å². The lowest BCUT2D eigenvalue weighted by Crippen LogP contribution is -2.45. The van der Waals surface area contributed by atoms with E-state index >= 15 is 0 Å². The highest BCUT2D eigenvalue weighted by molar-refractivity contribution is 9.10. The van der Waals surface area contributed by atoms with E-state index in [1.807, 2.05) is 33.9 Å². The molecule has 0 fully saturated rings. The van der Waals surface area contributed by atoms with Crippen molar-refractivity contribution in [2.24, 2.45) is 0 Å². The lowest BCUT2D eigenvalue weighted by atomic mass is 10.1. The summed E-state index contributed by atoms with van der Waals surface area (Å²) in [5.41, 5.74) is 0.401. The van der Waals surface area contributed by atoms with E-state index in [1.54, 1.807) is 18.2 Å². The number of hydrogen-bond donors (Lipinski definition) is 1. The minimum Gasteiger partial charge on any atom is -0.316 e. The molecule has 118 valence electrons. The maximum Gasteiger partial charge on any atom is 0.244 e. The third-order valence-electron chi connectivity index (χ3n) is 2.99. The number of benzene rings is 1. The molecule has 1 rings (SSSR count). The maximum absolute atomic E-state index is 13.0. The zero-order valence-corrected chi connectivity index (χ0v) is 15.4. The number of nitrogens with one attached hydrogen (secondary N) is 1. The Labute approximate surface area is 136 Å². The zero-order valence-electron chi connectivity index (χ0n) is 13.0. The van der Waals surface area contributed by atoms with Crippen LogP contribution in [0.15, 0.2) is 40.2 Å². The molecule has 1 aromatic carbocycles. The maximum atomic E-state index is 13.0. The third-order valence-corrected chi connectivity index (χ3v) is 6.11. The molecular formula is C15H23BrN2O2S. The largest absolute Gasteiger partial charge is 0.316 e. The Morgan fingerprint density at radius 1 is 1.38 bits per heavy atom. The molecule has 0 unspecified atom stereocenters. The van der Waals surface area contributed by atoms with E-state index in [9.17, 15) is 8.42 Å². The Bertz CT molecular complexity index is 607. The van der Waals surface area contributed by atoms with Crippen molar-refractivity contribution in [2.75, 3.05) is 13.6 Å². The molecular weight excluding hydrogens is 352 g/mol. The van der Waals surface area contributed by atoms with E-state index in [0.717, 1.165) is 5.56 Å². The van der Waals surface area contributed by atoms with Crippen LogP contribution >= 0.6 is 15.9 Å². The molecule has 1 aromatic rings. The minimum atomic E-state index is -3.60. The van der Waals surface area contributed by atoms with E-state index in [0.29, 0.717) is 11.0 Å². The van der Waals surface area contributed by atoms with Crippen molar-refractivity contribution >= 4 is 26.0 Å². The van der Waals surface area contributed by atoms with Crippen LogP contribution in [0.4, 0.5) is 0 Å². The Kier molecular flexibility index (Phi) is 6.16. The fourth-order valence-electron chi connectivity index (χ4n) is 2.03. The summed E-state index contributed by atoms with van der Waals surface area (Å²) >= 11 is 3.35. The third kappa shape index (κ3) is 4.39. The molecule has 1 N–H and O–H groups in total. The van der Waals surface area contributed by atoms with Crippen LogP contribution in [0.2, 0.25) is 0 Å². The molecule has 0 radical (unpaired) electrons. The average Bonchev–Trinajstić information content (AvgIpc) is 2.36. The van der Waals surface area contributed by atoms with Crippen molar-refractivity contribution in [3.8, 4) is 0 Å². The summed E-state index contributed by atoms with van der Waals surface area (Å²) in [6.45, 7) is 10.2. The summed E-state index contributed by atoms with van der Waals surface area (Å²) in [5.74, 6) is 0. The number of hydrogen-bond acceptors (Lipinski definition) is 3. The second kappa shape index (κ2) is 7.05. The topological polar surface area (TPSA) is 49.4 Å². The predicted octanol–water partition coefficient (Wildman–Crippen LogP) is 3.14. The molecule has 0 atom stereocenters. The van der Waals surface area contributed by atoms with Crippen molar-refractivity contribution in [1.29, 1.82) is 0 Å². The van der Waals surface area contributed by atoms with Crippen molar-refractivity contribution in [2.45, 2.75) is 37.8 Å². The molecule has 0 aliphatic rings. The first-order valence-corrected chi connectivity index (χ1v) is 8.94. The summed E-state index contributed by atoms with van der Waals surface area (Å²) in [6, 6.07) is 5.38. The number of sulfonamides is 1. The van der Waals surface area contributed by atoms with Gasteiger partial charge in [-0.05, 0) is 61.4 Å².